The van der Waals surface area contributed by atoms with Crippen molar-refractivity contribution in [1.82, 2.24) is 4.90 Å². The smallest absolute Gasteiger partial charge is 0.270 e. The Hall–Kier alpha value is -3.15. The van der Waals surface area contributed by atoms with E-state index in [9.17, 15) is 14.9 Å². The predicted octanol–water partition coefficient (Wildman–Crippen LogP) is 4.23. The number of amides is 1. The Morgan fingerprint density at radius 2 is 2.00 bits per heavy atom. The Labute approximate surface area is 152 Å². The summed E-state index contributed by atoms with van der Waals surface area (Å²) in [6.07, 6.45) is 3.04. The van der Waals surface area contributed by atoms with E-state index in [0.717, 1.165) is 11.3 Å². The third-order valence-electron chi connectivity index (χ3n) is 4.17. The largest absolute Gasteiger partial charge is 0.497 e. The zero-order valence-corrected chi connectivity index (χ0v) is 15.1. The fourth-order valence-electron chi connectivity index (χ4n) is 2.71. The van der Waals surface area contributed by atoms with Crippen LogP contribution in [0.25, 0.3) is 6.08 Å². The highest BCUT2D eigenvalue weighted by atomic mass is 16.6. The molecule has 136 valence electrons. The Balaban J connectivity index is 2.17. The molecule has 0 aliphatic rings. The number of hydrogen-bond acceptors (Lipinski definition) is 4. The minimum atomic E-state index is -0.456. The number of methoxy groups -OCH3 is 1. The standard InChI is InChI=1S/C20H22N2O4/c1-4-21(15(2)17-8-6-10-19(14-17)26-3)20(23)12-11-16-7-5-9-18(13-16)22(24)25/h5-15H,4H2,1-3H3/b12-11+. The Morgan fingerprint density at radius 3 is 2.65 bits per heavy atom. The van der Waals surface area contributed by atoms with Gasteiger partial charge in [0.15, 0.2) is 0 Å². The van der Waals surface area contributed by atoms with Crippen molar-refractivity contribution in [2.75, 3.05) is 13.7 Å². The molecule has 0 heterocycles. The van der Waals surface area contributed by atoms with E-state index in [1.165, 1.54) is 18.2 Å². The molecule has 6 heteroatoms. The molecule has 0 aromatic heterocycles. The van der Waals surface area contributed by atoms with Crippen molar-refractivity contribution >= 4 is 17.7 Å². The third-order valence-corrected chi connectivity index (χ3v) is 4.17. The van der Waals surface area contributed by atoms with Crippen LogP contribution in [0.5, 0.6) is 5.75 Å². The van der Waals surface area contributed by atoms with E-state index in [4.69, 9.17) is 4.74 Å². The van der Waals surface area contributed by atoms with Gasteiger partial charge in [-0.2, -0.15) is 0 Å². The van der Waals surface area contributed by atoms with Gasteiger partial charge in [-0.05, 0) is 43.2 Å². The molecule has 1 amide bonds. The maximum Gasteiger partial charge on any atom is 0.270 e. The number of rotatable bonds is 7. The fraction of sp³-hybridized carbons (Fsp3) is 0.250. The molecule has 6 nitrogen and oxygen atoms in total. The maximum absolute atomic E-state index is 12.6. The van der Waals surface area contributed by atoms with Gasteiger partial charge in [0.25, 0.3) is 5.69 Å². The number of hydrogen-bond donors (Lipinski definition) is 0. The summed E-state index contributed by atoms with van der Waals surface area (Å²) in [5.74, 6) is 0.583. The molecule has 0 fully saturated rings. The average Bonchev–Trinajstić information content (AvgIpc) is 2.67. The number of likely N-dealkylation sites (N-methyl/N-ethyl adjacent to an activating group) is 1. The molecule has 0 aliphatic carbocycles. The number of carbonyl (C=O) groups is 1. The van der Waals surface area contributed by atoms with Crippen LogP contribution < -0.4 is 4.74 Å². The number of nitrogens with zero attached hydrogens (tertiary/aromatic N) is 2. The van der Waals surface area contributed by atoms with Gasteiger partial charge in [-0.3, -0.25) is 14.9 Å². The van der Waals surface area contributed by atoms with Crippen LogP contribution in [0.4, 0.5) is 5.69 Å². The van der Waals surface area contributed by atoms with Crippen molar-refractivity contribution in [3.05, 3.63) is 75.8 Å². The van der Waals surface area contributed by atoms with Gasteiger partial charge < -0.3 is 9.64 Å². The summed E-state index contributed by atoms with van der Waals surface area (Å²) in [5.41, 5.74) is 1.58. The van der Waals surface area contributed by atoms with E-state index in [1.807, 2.05) is 38.1 Å². The Morgan fingerprint density at radius 1 is 1.27 bits per heavy atom. The molecule has 1 atom stereocenters. The summed E-state index contributed by atoms with van der Waals surface area (Å²) >= 11 is 0. The summed E-state index contributed by atoms with van der Waals surface area (Å²) < 4.78 is 5.24. The van der Waals surface area contributed by atoms with Gasteiger partial charge >= 0.3 is 0 Å². The van der Waals surface area contributed by atoms with Gasteiger partial charge in [0, 0.05) is 24.8 Å². The molecule has 0 N–H and O–H groups in total. The molecular weight excluding hydrogens is 332 g/mol. The van der Waals surface area contributed by atoms with Gasteiger partial charge in [0.05, 0.1) is 18.1 Å². The maximum atomic E-state index is 12.6. The molecule has 0 bridgehead atoms. The second-order valence-electron chi connectivity index (χ2n) is 5.76. The van der Waals surface area contributed by atoms with Crippen molar-refractivity contribution in [3.8, 4) is 5.75 Å². The zero-order valence-electron chi connectivity index (χ0n) is 15.1. The number of nitro benzene ring substituents is 1. The van der Waals surface area contributed by atoms with E-state index in [1.54, 1.807) is 30.2 Å². The van der Waals surface area contributed by atoms with Crippen molar-refractivity contribution in [2.45, 2.75) is 19.9 Å². The second-order valence-corrected chi connectivity index (χ2v) is 5.76. The highest BCUT2D eigenvalue weighted by molar-refractivity contribution is 5.92. The van der Waals surface area contributed by atoms with E-state index < -0.39 is 4.92 Å². The summed E-state index contributed by atoms with van der Waals surface area (Å²) in [7, 11) is 1.61. The summed E-state index contributed by atoms with van der Waals surface area (Å²) in [5, 5.41) is 10.8. The topological polar surface area (TPSA) is 72.7 Å². The molecule has 2 aromatic rings. The number of benzene rings is 2. The van der Waals surface area contributed by atoms with Crippen molar-refractivity contribution < 1.29 is 14.5 Å². The first-order valence-electron chi connectivity index (χ1n) is 8.33. The highest BCUT2D eigenvalue weighted by Crippen LogP contribution is 2.24. The number of nitro groups is 1. The molecule has 26 heavy (non-hydrogen) atoms. The van der Waals surface area contributed by atoms with Crippen molar-refractivity contribution in [2.24, 2.45) is 0 Å². The Bertz CT molecular complexity index is 817. The SMILES string of the molecule is CCN(C(=O)/C=C/c1cccc([N+](=O)[O-])c1)C(C)c1cccc(OC)c1. The second kappa shape index (κ2) is 8.80. The minimum Gasteiger partial charge on any atom is -0.497 e. The molecule has 0 radical (unpaired) electrons. The van der Waals surface area contributed by atoms with Crippen LogP contribution >= 0.6 is 0 Å². The molecular formula is C20H22N2O4. The van der Waals surface area contributed by atoms with Crippen LogP contribution in [-0.2, 0) is 4.79 Å². The average molecular weight is 354 g/mol. The first kappa shape index (κ1) is 19.2. The fourth-order valence-corrected chi connectivity index (χ4v) is 2.71. The zero-order chi connectivity index (χ0) is 19.1. The first-order valence-corrected chi connectivity index (χ1v) is 8.33. The van der Waals surface area contributed by atoms with Crippen molar-refractivity contribution in [1.29, 1.82) is 0 Å². The molecule has 0 saturated heterocycles. The van der Waals surface area contributed by atoms with Crippen LogP contribution in [0.1, 0.15) is 31.0 Å². The summed E-state index contributed by atoms with van der Waals surface area (Å²) in [4.78, 5) is 24.7. The third kappa shape index (κ3) is 4.69. The molecule has 0 aliphatic heterocycles. The number of non-ortho nitro benzene ring substituents is 1. The molecule has 1 unspecified atom stereocenters. The lowest BCUT2D eigenvalue weighted by molar-refractivity contribution is -0.384. The normalized spacial score (nSPS) is 12.0. The molecule has 2 rings (SSSR count). The van der Waals surface area contributed by atoms with E-state index in [2.05, 4.69) is 0 Å². The molecule has 0 saturated carbocycles. The van der Waals surface area contributed by atoms with E-state index in [-0.39, 0.29) is 17.6 Å². The van der Waals surface area contributed by atoms with Crippen LogP contribution in [0.2, 0.25) is 0 Å². The van der Waals surface area contributed by atoms with E-state index >= 15 is 0 Å². The lowest BCUT2D eigenvalue weighted by atomic mass is 10.1. The van der Waals surface area contributed by atoms with Crippen molar-refractivity contribution in [3.63, 3.8) is 0 Å². The van der Waals surface area contributed by atoms with Crippen LogP contribution in [0, 0.1) is 10.1 Å². The molecule has 2 aromatic carbocycles. The summed E-state index contributed by atoms with van der Waals surface area (Å²) in [6, 6.07) is 13.7. The Kier molecular flexibility index (Phi) is 6.49. The van der Waals surface area contributed by atoms with Crippen LogP contribution in [0.15, 0.2) is 54.6 Å². The lowest BCUT2D eigenvalue weighted by Crippen LogP contribution is -2.32. The lowest BCUT2D eigenvalue weighted by Gasteiger charge is -2.27. The number of carbonyl (C=O) groups excluding carboxylic acids is 1. The van der Waals surface area contributed by atoms with Crippen LogP contribution in [0.3, 0.4) is 0 Å². The monoisotopic (exact) mass is 354 g/mol. The quantitative estimate of drug-likeness (QED) is 0.424. The summed E-state index contributed by atoms with van der Waals surface area (Å²) in [6.45, 7) is 4.41. The number of ether oxygens (including phenoxy) is 1. The van der Waals surface area contributed by atoms with Gasteiger partial charge in [0.2, 0.25) is 5.91 Å². The predicted molar refractivity (Wildman–Crippen MR) is 101 cm³/mol. The highest BCUT2D eigenvalue weighted by Gasteiger charge is 2.18. The van der Waals surface area contributed by atoms with Gasteiger partial charge in [-0.15, -0.1) is 0 Å². The first-order chi connectivity index (χ1) is 12.5. The van der Waals surface area contributed by atoms with Crippen LogP contribution in [-0.4, -0.2) is 29.4 Å². The van der Waals surface area contributed by atoms with Gasteiger partial charge in [-0.25, -0.2) is 0 Å². The minimum absolute atomic E-state index is 0.00306. The van der Waals surface area contributed by atoms with Gasteiger partial charge in [-0.1, -0.05) is 24.3 Å². The van der Waals surface area contributed by atoms with Gasteiger partial charge in [0.1, 0.15) is 5.75 Å². The molecule has 0 spiro atoms. The van der Waals surface area contributed by atoms with E-state index in [0.29, 0.717) is 12.1 Å².